The minimum absolute atomic E-state index is 0.521. The topological polar surface area (TPSA) is 36.3 Å². The number of hydrogen-bond donors (Lipinski definition) is 1. The van der Waals surface area contributed by atoms with E-state index in [9.17, 15) is 0 Å². The quantitative estimate of drug-likeness (QED) is 0.512. The SMILES string of the molecule is CC1CCCC1C(=N)N1CCOCC1. The molecule has 2 rings (SSSR count). The number of nitrogens with one attached hydrogen (secondary N) is 1. The summed E-state index contributed by atoms with van der Waals surface area (Å²) in [6.45, 7) is 5.71. The fourth-order valence-corrected chi connectivity index (χ4v) is 2.59. The van der Waals surface area contributed by atoms with E-state index in [1.54, 1.807) is 0 Å². The van der Waals surface area contributed by atoms with E-state index in [1.807, 2.05) is 0 Å². The first-order chi connectivity index (χ1) is 6.79. The van der Waals surface area contributed by atoms with Gasteiger partial charge < -0.3 is 9.64 Å². The van der Waals surface area contributed by atoms with Gasteiger partial charge in [-0.2, -0.15) is 0 Å². The fourth-order valence-electron chi connectivity index (χ4n) is 2.59. The lowest BCUT2D eigenvalue weighted by Crippen LogP contribution is -2.43. The molecule has 2 unspecified atom stereocenters. The van der Waals surface area contributed by atoms with Gasteiger partial charge in [-0.25, -0.2) is 0 Å². The monoisotopic (exact) mass is 196 g/mol. The minimum Gasteiger partial charge on any atom is -0.378 e. The summed E-state index contributed by atoms with van der Waals surface area (Å²) in [5.74, 6) is 2.11. The number of morpholine rings is 1. The molecule has 2 atom stereocenters. The zero-order valence-electron chi connectivity index (χ0n) is 8.96. The molecule has 0 aromatic carbocycles. The van der Waals surface area contributed by atoms with Crippen LogP contribution in [-0.4, -0.2) is 37.0 Å². The van der Waals surface area contributed by atoms with Gasteiger partial charge in [0.25, 0.3) is 0 Å². The molecule has 0 radical (unpaired) electrons. The number of hydrogen-bond acceptors (Lipinski definition) is 2. The van der Waals surface area contributed by atoms with Crippen molar-refractivity contribution in [3.05, 3.63) is 0 Å². The van der Waals surface area contributed by atoms with Crippen LogP contribution in [0.2, 0.25) is 0 Å². The largest absolute Gasteiger partial charge is 0.378 e. The predicted molar refractivity (Wildman–Crippen MR) is 56.6 cm³/mol. The lowest BCUT2D eigenvalue weighted by atomic mass is 9.96. The van der Waals surface area contributed by atoms with Gasteiger partial charge in [0.15, 0.2) is 0 Å². The number of amidine groups is 1. The van der Waals surface area contributed by atoms with Crippen molar-refractivity contribution in [2.75, 3.05) is 26.3 Å². The van der Waals surface area contributed by atoms with E-state index in [2.05, 4.69) is 11.8 Å². The second kappa shape index (κ2) is 4.30. The standard InChI is InChI=1S/C11H20N2O/c1-9-3-2-4-10(9)11(12)13-5-7-14-8-6-13/h9-10,12H,2-8H2,1H3. The Bertz CT molecular complexity index is 211. The van der Waals surface area contributed by atoms with Crippen molar-refractivity contribution < 1.29 is 4.74 Å². The molecule has 1 aliphatic heterocycles. The van der Waals surface area contributed by atoms with E-state index < -0.39 is 0 Å². The second-order valence-electron chi connectivity index (χ2n) is 4.50. The van der Waals surface area contributed by atoms with Gasteiger partial charge in [-0.05, 0) is 18.8 Å². The molecular formula is C11H20N2O. The van der Waals surface area contributed by atoms with Crippen molar-refractivity contribution in [2.24, 2.45) is 11.8 Å². The van der Waals surface area contributed by atoms with Crippen LogP contribution in [0.4, 0.5) is 0 Å². The summed E-state index contributed by atoms with van der Waals surface area (Å²) in [5.41, 5.74) is 0. The Hall–Kier alpha value is -0.570. The number of nitrogens with zero attached hydrogens (tertiary/aromatic N) is 1. The highest BCUT2D eigenvalue weighted by atomic mass is 16.5. The summed E-state index contributed by atoms with van der Waals surface area (Å²) < 4.78 is 5.30. The van der Waals surface area contributed by atoms with Crippen LogP contribution in [0, 0.1) is 17.2 Å². The molecule has 3 heteroatoms. The van der Waals surface area contributed by atoms with Crippen LogP contribution >= 0.6 is 0 Å². The molecule has 0 aromatic rings. The summed E-state index contributed by atoms with van der Waals surface area (Å²) in [5, 5.41) is 8.18. The average molecular weight is 196 g/mol. The summed E-state index contributed by atoms with van der Waals surface area (Å²) in [4.78, 5) is 2.20. The van der Waals surface area contributed by atoms with Gasteiger partial charge in [0, 0.05) is 19.0 Å². The lowest BCUT2D eigenvalue weighted by molar-refractivity contribution is 0.0650. The van der Waals surface area contributed by atoms with Crippen LogP contribution in [-0.2, 0) is 4.74 Å². The van der Waals surface area contributed by atoms with E-state index >= 15 is 0 Å². The maximum absolute atomic E-state index is 8.18. The molecule has 2 fully saturated rings. The first-order valence-corrected chi connectivity index (χ1v) is 5.70. The molecule has 0 bridgehead atoms. The van der Waals surface area contributed by atoms with Crippen molar-refractivity contribution in [3.63, 3.8) is 0 Å². The smallest absolute Gasteiger partial charge is 0.0993 e. The zero-order chi connectivity index (χ0) is 9.97. The predicted octanol–water partition coefficient (Wildman–Crippen LogP) is 1.73. The molecule has 14 heavy (non-hydrogen) atoms. The number of ether oxygens (including phenoxy) is 1. The van der Waals surface area contributed by atoms with Crippen LogP contribution in [0.15, 0.2) is 0 Å². The Morgan fingerprint density at radius 3 is 2.57 bits per heavy atom. The first-order valence-electron chi connectivity index (χ1n) is 5.70. The van der Waals surface area contributed by atoms with Gasteiger partial charge in [0.05, 0.1) is 19.0 Å². The third-order valence-corrected chi connectivity index (χ3v) is 3.56. The average Bonchev–Trinajstić information content (AvgIpc) is 2.65. The van der Waals surface area contributed by atoms with Gasteiger partial charge in [-0.15, -0.1) is 0 Å². The van der Waals surface area contributed by atoms with E-state index in [-0.39, 0.29) is 0 Å². The molecule has 1 saturated carbocycles. The van der Waals surface area contributed by atoms with Crippen molar-refractivity contribution in [1.82, 2.24) is 4.90 Å². The molecule has 0 aromatic heterocycles. The summed E-state index contributed by atoms with van der Waals surface area (Å²) >= 11 is 0. The summed E-state index contributed by atoms with van der Waals surface area (Å²) in [6, 6.07) is 0. The molecular weight excluding hydrogens is 176 g/mol. The Kier molecular flexibility index (Phi) is 3.06. The Morgan fingerprint density at radius 2 is 2.00 bits per heavy atom. The molecule has 1 N–H and O–H groups in total. The number of rotatable bonds is 1. The van der Waals surface area contributed by atoms with Crippen LogP contribution in [0.1, 0.15) is 26.2 Å². The van der Waals surface area contributed by atoms with Gasteiger partial charge in [0.1, 0.15) is 0 Å². The molecule has 80 valence electrons. The van der Waals surface area contributed by atoms with Crippen LogP contribution in [0.5, 0.6) is 0 Å². The summed E-state index contributed by atoms with van der Waals surface area (Å²) in [7, 11) is 0. The van der Waals surface area contributed by atoms with E-state index in [0.717, 1.165) is 32.1 Å². The summed E-state index contributed by atoms with van der Waals surface area (Å²) in [6.07, 6.45) is 3.83. The molecule has 1 aliphatic carbocycles. The van der Waals surface area contributed by atoms with Crippen molar-refractivity contribution >= 4 is 5.84 Å². The van der Waals surface area contributed by atoms with E-state index in [1.165, 1.54) is 19.3 Å². The molecule has 1 heterocycles. The highest BCUT2D eigenvalue weighted by Crippen LogP contribution is 2.32. The maximum Gasteiger partial charge on any atom is 0.0993 e. The zero-order valence-corrected chi connectivity index (χ0v) is 8.96. The van der Waals surface area contributed by atoms with Crippen LogP contribution in [0.3, 0.4) is 0 Å². The fraction of sp³-hybridized carbons (Fsp3) is 0.909. The van der Waals surface area contributed by atoms with Crippen LogP contribution in [0.25, 0.3) is 0 Å². The third-order valence-electron chi connectivity index (χ3n) is 3.56. The molecule has 2 aliphatic rings. The van der Waals surface area contributed by atoms with Crippen LogP contribution < -0.4 is 0 Å². The molecule has 0 amide bonds. The van der Waals surface area contributed by atoms with Gasteiger partial charge in [-0.1, -0.05) is 13.3 Å². The van der Waals surface area contributed by atoms with Crippen molar-refractivity contribution in [2.45, 2.75) is 26.2 Å². The Labute approximate surface area is 85.9 Å². The van der Waals surface area contributed by atoms with Gasteiger partial charge >= 0.3 is 0 Å². The highest BCUT2D eigenvalue weighted by molar-refractivity contribution is 5.82. The van der Waals surface area contributed by atoms with Crippen molar-refractivity contribution in [3.8, 4) is 0 Å². The lowest BCUT2D eigenvalue weighted by Gasteiger charge is -2.33. The normalized spacial score (nSPS) is 33.4. The molecule has 1 saturated heterocycles. The minimum atomic E-state index is 0.521. The van der Waals surface area contributed by atoms with E-state index in [4.69, 9.17) is 10.1 Å². The Balaban J connectivity index is 1.92. The molecule has 3 nitrogen and oxygen atoms in total. The van der Waals surface area contributed by atoms with Gasteiger partial charge in [-0.3, -0.25) is 5.41 Å². The second-order valence-corrected chi connectivity index (χ2v) is 4.50. The first kappa shape index (κ1) is 9.97. The van der Waals surface area contributed by atoms with Gasteiger partial charge in [0.2, 0.25) is 0 Å². The third kappa shape index (κ3) is 1.92. The Morgan fingerprint density at radius 1 is 1.29 bits per heavy atom. The molecule has 0 spiro atoms. The maximum atomic E-state index is 8.18. The van der Waals surface area contributed by atoms with E-state index in [0.29, 0.717) is 11.8 Å². The van der Waals surface area contributed by atoms with Crippen molar-refractivity contribution in [1.29, 1.82) is 5.41 Å². The highest BCUT2D eigenvalue weighted by Gasteiger charge is 2.30.